The third-order valence-electron chi connectivity index (χ3n) is 4.82. The molecule has 7 heteroatoms. The molecule has 1 heterocycles. The van der Waals surface area contributed by atoms with Crippen LogP contribution in [0.2, 0.25) is 0 Å². The van der Waals surface area contributed by atoms with Crippen LogP contribution in [-0.2, 0) is 0 Å². The Bertz CT molecular complexity index is 791. The fourth-order valence-corrected chi connectivity index (χ4v) is 3.64. The quantitative estimate of drug-likeness (QED) is 0.597. The lowest BCUT2D eigenvalue weighted by Crippen LogP contribution is -2.45. The number of nitrogens with one attached hydrogen (secondary N) is 2. The molecule has 27 heavy (non-hydrogen) atoms. The van der Waals surface area contributed by atoms with E-state index in [1.54, 1.807) is 12.1 Å². The highest BCUT2D eigenvalue weighted by atomic mass is 16.6. The number of nitrogens with zero attached hydrogens (tertiary/aromatic N) is 2. The minimum atomic E-state index is -0.482. The van der Waals surface area contributed by atoms with E-state index in [1.165, 1.54) is 17.7 Å². The fraction of sp³-hybridized carbons (Fsp3) is 0.350. The summed E-state index contributed by atoms with van der Waals surface area (Å²) in [7, 11) is 0. The summed E-state index contributed by atoms with van der Waals surface area (Å²) in [5, 5.41) is 16.6. The third-order valence-corrected chi connectivity index (χ3v) is 4.82. The first-order valence-electron chi connectivity index (χ1n) is 9.15. The topological polar surface area (TPSA) is 87.5 Å². The van der Waals surface area contributed by atoms with Crippen molar-refractivity contribution in [3.05, 3.63) is 70.3 Å². The molecule has 3 rings (SSSR count). The molecular weight excluding hydrogens is 344 g/mol. The van der Waals surface area contributed by atoms with Gasteiger partial charge in [-0.15, -0.1) is 0 Å². The molecule has 2 amide bonds. The number of likely N-dealkylation sites (tertiary alicyclic amines) is 1. The second kappa shape index (κ2) is 8.64. The van der Waals surface area contributed by atoms with Crippen molar-refractivity contribution in [2.24, 2.45) is 0 Å². The van der Waals surface area contributed by atoms with Crippen molar-refractivity contribution in [3.63, 3.8) is 0 Å². The van der Waals surface area contributed by atoms with Crippen LogP contribution in [-0.4, -0.2) is 35.0 Å². The number of benzene rings is 2. The molecule has 1 fully saturated rings. The van der Waals surface area contributed by atoms with Crippen LogP contribution in [0.5, 0.6) is 0 Å². The van der Waals surface area contributed by atoms with E-state index in [0.29, 0.717) is 5.69 Å². The van der Waals surface area contributed by atoms with E-state index < -0.39 is 4.92 Å². The number of urea groups is 1. The highest BCUT2D eigenvalue weighted by Crippen LogP contribution is 2.28. The molecule has 0 saturated carbocycles. The summed E-state index contributed by atoms with van der Waals surface area (Å²) in [6.07, 6.45) is 2.33. The van der Waals surface area contributed by atoms with Gasteiger partial charge in [0, 0.05) is 23.9 Å². The van der Waals surface area contributed by atoms with Crippen molar-refractivity contribution < 1.29 is 9.72 Å². The lowest BCUT2D eigenvalue weighted by molar-refractivity contribution is -0.384. The molecule has 0 aliphatic carbocycles. The van der Waals surface area contributed by atoms with Crippen molar-refractivity contribution in [1.29, 1.82) is 0 Å². The maximum atomic E-state index is 12.4. The summed E-state index contributed by atoms with van der Waals surface area (Å²) >= 11 is 0. The number of rotatable bonds is 6. The number of non-ortho nitro benzene ring substituents is 1. The predicted octanol–water partition coefficient (Wildman–Crippen LogP) is 3.94. The second-order valence-corrected chi connectivity index (χ2v) is 6.79. The van der Waals surface area contributed by atoms with Crippen LogP contribution in [0.15, 0.2) is 54.6 Å². The van der Waals surface area contributed by atoms with E-state index in [-0.39, 0.29) is 23.8 Å². The summed E-state index contributed by atoms with van der Waals surface area (Å²) < 4.78 is 0. The molecule has 2 N–H and O–H groups in total. The second-order valence-electron chi connectivity index (χ2n) is 6.79. The molecule has 2 atom stereocenters. The summed E-state index contributed by atoms with van der Waals surface area (Å²) in [5.41, 5.74) is 1.51. The molecule has 0 aromatic heterocycles. The molecule has 1 saturated heterocycles. The van der Waals surface area contributed by atoms with Crippen LogP contribution in [0.4, 0.5) is 16.2 Å². The SMILES string of the molecule is C[C@@H](NC(=O)Nc1cccc([N+](=O)[O-])c1)[C@@H](c1ccccc1)N1CCCC1. The fourth-order valence-electron chi connectivity index (χ4n) is 3.64. The number of anilines is 1. The summed E-state index contributed by atoms with van der Waals surface area (Å²) in [5.74, 6) is 0. The zero-order valence-electron chi connectivity index (χ0n) is 15.3. The summed E-state index contributed by atoms with van der Waals surface area (Å²) in [6, 6.07) is 15.7. The number of nitro benzene ring substituents is 1. The molecular formula is C20H24N4O3. The minimum absolute atomic E-state index is 0.0555. The maximum Gasteiger partial charge on any atom is 0.319 e. The normalized spacial score (nSPS) is 16.5. The largest absolute Gasteiger partial charge is 0.333 e. The smallest absolute Gasteiger partial charge is 0.319 e. The number of hydrogen-bond acceptors (Lipinski definition) is 4. The number of nitro groups is 1. The average molecular weight is 368 g/mol. The van der Waals surface area contributed by atoms with E-state index in [1.807, 2.05) is 25.1 Å². The number of amides is 2. The first-order valence-corrected chi connectivity index (χ1v) is 9.15. The molecule has 7 nitrogen and oxygen atoms in total. The van der Waals surface area contributed by atoms with Gasteiger partial charge in [-0.05, 0) is 44.5 Å². The molecule has 0 spiro atoms. The average Bonchev–Trinajstić information content (AvgIpc) is 3.17. The Morgan fingerprint density at radius 2 is 1.81 bits per heavy atom. The highest BCUT2D eigenvalue weighted by Gasteiger charge is 2.29. The van der Waals surface area contributed by atoms with Crippen molar-refractivity contribution in [1.82, 2.24) is 10.2 Å². The van der Waals surface area contributed by atoms with Crippen molar-refractivity contribution in [2.75, 3.05) is 18.4 Å². The Labute approximate surface area is 158 Å². The van der Waals surface area contributed by atoms with Crippen molar-refractivity contribution >= 4 is 17.4 Å². The first kappa shape index (κ1) is 18.8. The Kier molecular flexibility index (Phi) is 6.03. The zero-order valence-corrected chi connectivity index (χ0v) is 15.3. The first-order chi connectivity index (χ1) is 13.0. The van der Waals surface area contributed by atoms with E-state index in [4.69, 9.17) is 0 Å². The van der Waals surface area contributed by atoms with Crippen LogP contribution >= 0.6 is 0 Å². The molecule has 0 radical (unpaired) electrons. The molecule has 2 aromatic carbocycles. The summed E-state index contributed by atoms with van der Waals surface area (Å²) in [4.78, 5) is 25.2. The van der Waals surface area contributed by atoms with Gasteiger partial charge in [-0.2, -0.15) is 0 Å². The van der Waals surface area contributed by atoms with Gasteiger partial charge < -0.3 is 10.6 Å². The Hall–Kier alpha value is -2.93. The van der Waals surface area contributed by atoms with Crippen molar-refractivity contribution in [3.8, 4) is 0 Å². The van der Waals surface area contributed by atoms with E-state index in [0.717, 1.165) is 25.9 Å². The summed E-state index contributed by atoms with van der Waals surface area (Å²) in [6.45, 7) is 4.01. The Morgan fingerprint density at radius 1 is 1.11 bits per heavy atom. The van der Waals surface area contributed by atoms with Gasteiger partial charge >= 0.3 is 6.03 Å². The van der Waals surface area contributed by atoms with E-state index in [9.17, 15) is 14.9 Å². The van der Waals surface area contributed by atoms with E-state index >= 15 is 0 Å². The maximum absolute atomic E-state index is 12.4. The van der Waals surface area contributed by atoms with Crippen LogP contribution in [0.25, 0.3) is 0 Å². The Balaban J connectivity index is 1.69. The van der Waals surface area contributed by atoms with Gasteiger partial charge in [0.1, 0.15) is 0 Å². The molecule has 1 aliphatic rings. The lowest BCUT2D eigenvalue weighted by Gasteiger charge is -2.33. The molecule has 2 aromatic rings. The predicted molar refractivity (Wildman–Crippen MR) is 105 cm³/mol. The lowest BCUT2D eigenvalue weighted by atomic mass is 9.99. The van der Waals surface area contributed by atoms with Gasteiger partial charge in [0.15, 0.2) is 0 Å². The van der Waals surface area contributed by atoms with Crippen LogP contribution < -0.4 is 10.6 Å². The molecule has 0 bridgehead atoms. The molecule has 142 valence electrons. The monoisotopic (exact) mass is 368 g/mol. The van der Waals surface area contributed by atoms with Crippen molar-refractivity contribution in [2.45, 2.75) is 31.8 Å². The van der Waals surface area contributed by atoms with Gasteiger partial charge in [0.05, 0.1) is 11.0 Å². The van der Waals surface area contributed by atoms with Gasteiger partial charge in [-0.25, -0.2) is 4.79 Å². The highest BCUT2D eigenvalue weighted by molar-refractivity contribution is 5.89. The van der Waals surface area contributed by atoms with Gasteiger partial charge in [0.25, 0.3) is 5.69 Å². The standard InChI is InChI=1S/C20H24N4O3/c1-15(19(23-12-5-6-13-23)16-8-3-2-4-9-16)21-20(25)22-17-10-7-11-18(14-17)24(26)27/h2-4,7-11,14-15,19H,5-6,12-13H2,1H3,(H2,21,22,25)/t15-,19+/m1/s1. The number of hydrogen-bond donors (Lipinski definition) is 2. The van der Waals surface area contributed by atoms with Crippen LogP contribution in [0, 0.1) is 10.1 Å². The molecule has 0 unspecified atom stereocenters. The van der Waals surface area contributed by atoms with Crippen LogP contribution in [0.3, 0.4) is 0 Å². The Morgan fingerprint density at radius 3 is 2.48 bits per heavy atom. The number of carbonyl (C=O) groups excluding carboxylic acids is 1. The molecule has 1 aliphatic heterocycles. The number of carbonyl (C=O) groups is 1. The van der Waals surface area contributed by atoms with Gasteiger partial charge in [-0.1, -0.05) is 36.4 Å². The van der Waals surface area contributed by atoms with Gasteiger partial charge in [0.2, 0.25) is 0 Å². The minimum Gasteiger partial charge on any atom is -0.333 e. The van der Waals surface area contributed by atoms with Crippen LogP contribution in [0.1, 0.15) is 31.4 Å². The van der Waals surface area contributed by atoms with Gasteiger partial charge in [-0.3, -0.25) is 15.0 Å². The van der Waals surface area contributed by atoms with E-state index in [2.05, 4.69) is 27.7 Å². The third kappa shape index (κ3) is 4.83. The zero-order chi connectivity index (χ0) is 19.2.